The van der Waals surface area contributed by atoms with Gasteiger partial charge in [-0.2, -0.15) is 0 Å². The number of benzene rings is 1. The molecular formula is C20H22O2. The Bertz CT molecular complexity index is 635. The zero-order valence-electron chi connectivity index (χ0n) is 12.9. The van der Waals surface area contributed by atoms with E-state index in [9.17, 15) is 4.79 Å². The van der Waals surface area contributed by atoms with Gasteiger partial charge in [0.2, 0.25) is 0 Å². The SMILES string of the molecule is O=C(C1=Cc2ccccc2OC1)C12CC3CC(CC(C3)C1)C2. The molecule has 4 saturated carbocycles. The highest BCUT2D eigenvalue weighted by Gasteiger charge is 2.54. The van der Waals surface area contributed by atoms with E-state index in [4.69, 9.17) is 4.74 Å². The highest BCUT2D eigenvalue weighted by Crippen LogP contribution is 2.61. The van der Waals surface area contributed by atoms with E-state index in [0.29, 0.717) is 12.4 Å². The number of carbonyl (C=O) groups excluding carboxylic acids is 1. The number of hydrogen-bond donors (Lipinski definition) is 0. The molecule has 22 heavy (non-hydrogen) atoms. The van der Waals surface area contributed by atoms with Gasteiger partial charge in [0.15, 0.2) is 5.78 Å². The van der Waals surface area contributed by atoms with Crippen LogP contribution in [0.2, 0.25) is 0 Å². The predicted molar refractivity (Wildman–Crippen MR) is 85.5 cm³/mol. The van der Waals surface area contributed by atoms with Gasteiger partial charge in [-0.15, -0.1) is 0 Å². The van der Waals surface area contributed by atoms with Crippen LogP contribution in [-0.4, -0.2) is 12.4 Å². The van der Waals surface area contributed by atoms with Crippen molar-refractivity contribution in [2.75, 3.05) is 6.61 Å². The minimum atomic E-state index is -0.0454. The highest BCUT2D eigenvalue weighted by atomic mass is 16.5. The molecule has 0 spiro atoms. The number of hydrogen-bond acceptors (Lipinski definition) is 2. The molecule has 0 atom stereocenters. The third kappa shape index (κ3) is 1.82. The normalized spacial score (nSPS) is 38.2. The number of rotatable bonds is 2. The second kappa shape index (κ2) is 4.47. The Balaban J connectivity index is 1.49. The van der Waals surface area contributed by atoms with Crippen LogP contribution in [-0.2, 0) is 4.79 Å². The lowest BCUT2D eigenvalue weighted by molar-refractivity contribution is -0.140. The molecule has 0 N–H and O–H groups in total. The van der Waals surface area contributed by atoms with Gasteiger partial charge in [0.1, 0.15) is 12.4 Å². The third-order valence-corrected chi connectivity index (χ3v) is 6.44. The van der Waals surface area contributed by atoms with Crippen molar-refractivity contribution in [1.29, 1.82) is 0 Å². The Morgan fingerprint density at radius 1 is 1.00 bits per heavy atom. The van der Waals surface area contributed by atoms with Crippen molar-refractivity contribution in [3.05, 3.63) is 35.4 Å². The van der Waals surface area contributed by atoms with Crippen LogP contribution in [0.5, 0.6) is 5.75 Å². The summed E-state index contributed by atoms with van der Waals surface area (Å²) in [7, 11) is 0. The topological polar surface area (TPSA) is 26.3 Å². The molecule has 4 fully saturated rings. The number of ether oxygens (including phenoxy) is 1. The summed E-state index contributed by atoms with van der Waals surface area (Å²) in [4.78, 5) is 13.3. The van der Waals surface area contributed by atoms with Crippen LogP contribution in [0.3, 0.4) is 0 Å². The molecule has 1 aliphatic heterocycles. The molecule has 1 aromatic carbocycles. The van der Waals surface area contributed by atoms with Gasteiger partial charge in [-0.3, -0.25) is 4.79 Å². The van der Waals surface area contributed by atoms with E-state index in [2.05, 4.69) is 6.08 Å². The summed E-state index contributed by atoms with van der Waals surface area (Å²) in [6, 6.07) is 8.02. The largest absolute Gasteiger partial charge is 0.488 e. The number of carbonyl (C=O) groups is 1. The Kier molecular flexibility index (Phi) is 2.62. The second-order valence-corrected chi connectivity index (χ2v) is 8.02. The lowest BCUT2D eigenvalue weighted by atomic mass is 9.48. The molecule has 2 nitrogen and oxygen atoms in total. The molecule has 6 rings (SSSR count). The van der Waals surface area contributed by atoms with Crippen LogP contribution in [0.15, 0.2) is 29.8 Å². The summed E-state index contributed by atoms with van der Waals surface area (Å²) in [5.41, 5.74) is 1.92. The molecule has 0 unspecified atom stereocenters. The number of Topliss-reactive ketones (excluding diaryl/α,β-unsaturated/α-hetero) is 1. The van der Waals surface area contributed by atoms with E-state index in [1.807, 2.05) is 24.3 Å². The van der Waals surface area contributed by atoms with E-state index in [-0.39, 0.29) is 5.41 Å². The number of fused-ring (bicyclic) bond motifs is 1. The van der Waals surface area contributed by atoms with E-state index >= 15 is 0 Å². The van der Waals surface area contributed by atoms with Crippen LogP contribution >= 0.6 is 0 Å². The summed E-state index contributed by atoms with van der Waals surface area (Å²) in [5, 5.41) is 0. The molecule has 1 aromatic rings. The fourth-order valence-electron chi connectivity index (χ4n) is 5.98. The van der Waals surface area contributed by atoms with Crippen molar-refractivity contribution >= 4 is 11.9 Å². The van der Waals surface area contributed by atoms with Crippen LogP contribution in [0, 0.1) is 23.2 Å². The molecular weight excluding hydrogens is 272 g/mol. The predicted octanol–water partition coefficient (Wildman–Crippen LogP) is 4.25. The molecule has 114 valence electrons. The molecule has 0 radical (unpaired) electrons. The first-order valence-corrected chi connectivity index (χ1v) is 8.69. The van der Waals surface area contributed by atoms with Crippen LogP contribution in [0.25, 0.3) is 6.08 Å². The van der Waals surface area contributed by atoms with Gasteiger partial charge in [0, 0.05) is 16.6 Å². The maximum absolute atomic E-state index is 13.3. The molecule has 1 heterocycles. The maximum atomic E-state index is 13.3. The lowest BCUT2D eigenvalue weighted by Gasteiger charge is -2.56. The molecule has 0 saturated heterocycles. The van der Waals surface area contributed by atoms with Gasteiger partial charge in [-0.25, -0.2) is 0 Å². The van der Waals surface area contributed by atoms with Gasteiger partial charge < -0.3 is 4.74 Å². The Morgan fingerprint density at radius 3 is 2.32 bits per heavy atom. The lowest BCUT2D eigenvalue weighted by Crippen LogP contribution is -2.50. The summed E-state index contributed by atoms with van der Waals surface area (Å²) in [5.74, 6) is 3.75. The van der Waals surface area contributed by atoms with Crippen molar-refractivity contribution in [1.82, 2.24) is 0 Å². The molecule has 0 amide bonds. The molecule has 0 aromatic heterocycles. The Morgan fingerprint density at radius 2 is 1.64 bits per heavy atom. The summed E-state index contributed by atoms with van der Waals surface area (Å²) < 4.78 is 5.83. The van der Waals surface area contributed by atoms with Crippen molar-refractivity contribution < 1.29 is 9.53 Å². The molecule has 4 aliphatic carbocycles. The summed E-state index contributed by atoms with van der Waals surface area (Å²) in [6.07, 6.45) is 9.63. The zero-order chi connectivity index (χ0) is 14.7. The monoisotopic (exact) mass is 294 g/mol. The Hall–Kier alpha value is -1.57. The van der Waals surface area contributed by atoms with Crippen molar-refractivity contribution in [3.8, 4) is 5.75 Å². The smallest absolute Gasteiger partial charge is 0.168 e. The number of ketones is 1. The van der Waals surface area contributed by atoms with E-state index in [1.54, 1.807) is 0 Å². The van der Waals surface area contributed by atoms with Gasteiger partial charge in [0.25, 0.3) is 0 Å². The molecule has 4 bridgehead atoms. The van der Waals surface area contributed by atoms with Crippen LogP contribution in [0.4, 0.5) is 0 Å². The van der Waals surface area contributed by atoms with Gasteiger partial charge in [0.05, 0.1) is 0 Å². The van der Waals surface area contributed by atoms with E-state index < -0.39 is 0 Å². The van der Waals surface area contributed by atoms with E-state index in [1.165, 1.54) is 19.3 Å². The average Bonchev–Trinajstić information content (AvgIpc) is 2.52. The standard InChI is InChI=1S/C20H22O2/c21-19(17-8-16-3-1-2-4-18(16)22-12-17)20-9-13-5-14(10-20)7-15(6-13)11-20/h1-4,8,13-15H,5-7,9-12H2. The first kappa shape index (κ1) is 12.9. The van der Waals surface area contributed by atoms with Crippen LogP contribution in [0.1, 0.15) is 44.1 Å². The first-order chi connectivity index (χ1) is 10.7. The van der Waals surface area contributed by atoms with Gasteiger partial charge in [-0.05, 0) is 68.4 Å². The maximum Gasteiger partial charge on any atom is 0.168 e. The second-order valence-electron chi connectivity index (χ2n) is 8.02. The quantitative estimate of drug-likeness (QED) is 0.815. The van der Waals surface area contributed by atoms with Gasteiger partial charge >= 0.3 is 0 Å². The third-order valence-electron chi connectivity index (χ3n) is 6.44. The van der Waals surface area contributed by atoms with Crippen molar-refractivity contribution in [3.63, 3.8) is 0 Å². The minimum Gasteiger partial charge on any atom is -0.488 e. The number of para-hydroxylation sites is 1. The van der Waals surface area contributed by atoms with Crippen molar-refractivity contribution in [2.45, 2.75) is 38.5 Å². The first-order valence-electron chi connectivity index (χ1n) is 8.69. The average molecular weight is 294 g/mol. The fourth-order valence-corrected chi connectivity index (χ4v) is 5.98. The molecule has 2 heteroatoms. The highest BCUT2D eigenvalue weighted by molar-refractivity contribution is 6.04. The van der Waals surface area contributed by atoms with E-state index in [0.717, 1.165) is 53.9 Å². The van der Waals surface area contributed by atoms with Crippen molar-refractivity contribution in [2.24, 2.45) is 23.2 Å². The van der Waals surface area contributed by atoms with Crippen LogP contribution < -0.4 is 4.74 Å². The molecule has 5 aliphatic rings. The Labute approximate surface area is 131 Å². The summed E-state index contributed by atoms with van der Waals surface area (Å²) >= 11 is 0. The fraction of sp³-hybridized carbons (Fsp3) is 0.550. The summed E-state index contributed by atoms with van der Waals surface area (Å²) in [6.45, 7) is 0.456. The van der Waals surface area contributed by atoms with Gasteiger partial charge in [-0.1, -0.05) is 18.2 Å². The zero-order valence-corrected chi connectivity index (χ0v) is 12.9. The minimum absolute atomic E-state index is 0.0454.